The summed E-state index contributed by atoms with van der Waals surface area (Å²) in [6.45, 7) is 0.107. The lowest BCUT2D eigenvalue weighted by molar-refractivity contribution is 0.0499. The van der Waals surface area contributed by atoms with Gasteiger partial charge in [-0.05, 0) is 11.4 Å². The third-order valence-corrected chi connectivity index (χ3v) is 4.53. The molecule has 0 saturated heterocycles. The summed E-state index contributed by atoms with van der Waals surface area (Å²) in [4.78, 5) is 11.2. The van der Waals surface area contributed by atoms with E-state index in [2.05, 4.69) is 0 Å². The van der Waals surface area contributed by atoms with Crippen molar-refractivity contribution in [1.82, 2.24) is 0 Å². The third kappa shape index (κ3) is 4.21. The van der Waals surface area contributed by atoms with Crippen LogP contribution in [0.15, 0.2) is 36.4 Å². The molecule has 6 heteroatoms. The molecule has 0 aliphatic rings. The Morgan fingerprint density at radius 3 is 2.48 bits per heavy atom. The molecule has 2 aromatic rings. The zero-order valence-electron chi connectivity index (χ0n) is 13.3. The molecule has 1 unspecified atom stereocenters. The second-order valence-electron chi connectivity index (χ2n) is 4.59. The van der Waals surface area contributed by atoms with Gasteiger partial charge in [0, 0.05) is 24.0 Å². The average molecular weight is 334 g/mol. The van der Waals surface area contributed by atoms with E-state index < -0.39 is 0 Å². The maximum atomic E-state index is 11.2. The van der Waals surface area contributed by atoms with Gasteiger partial charge in [-0.3, -0.25) is 4.79 Å². The summed E-state index contributed by atoms with van der Waals surface area (Å²) in [6, 6.07) is 11.1. The zero-order chi connectivity index (χ0) is 16.7. The smallest absolute Gasteiger partial charge is 0.188 e. The molecule has 0 radical (unpaired) electrons. The molecule has 0 aliphatic heterocycles. The van der Waals surface area contributed by atoms with Crippen LogP contribution in [0.5, 0.6) is 17.2 Å². The molecular formula is C17H19O5P. The molecule has 2 aromatic carbocycles. The van der Waals surface area contributed by atoms with E-state index in [1.54, 1.807) is 33.5 Å². The van der Waals surface area contributed by atoms with Gasteiger partial charge in [-0.2, -0.15) is 0 Å². The Hall–Kier alpha value is -2.10. The lowest BCUT2D eigenvalue weighted by Crippen LogP contribution is -2.14. The summed E-state index contributed by atoms with van der Waals surface area (Å²) >= 11 is 0. The molecule has 2 rings (SSSR count). The molecular weight excluding hydrogens is 315 g/mol. The van der Waals surface area contributed by atoms with Gasteiger partial charge in [-0.15, -0.1) is 0 Å². The summed E-state index contributed by atoms with van der Waals surface area (Å²) in [7, 11) is 4.94. The highest BCUT2D eigenvalue weighted by Gasteiger charge is 2.15. The number of hydrogen-bond donors (Lipinski definition) is 0. The fourth-order valence-electron chi connectivity index (χ4n) is 2.06. The number of hydrogen-bond acceptors (Lipinski definition) is 5. The molecule has 0 N–H and O–H groups in total. The van der Waals surface area contributed by atoms with Crippen LogP contribution in [0.4, 0.5) is 0 Å². The Kier molecular flexibility index (Phi) is 6.39. The maximum Gasteiger partial charge on any atom is 0.188 e. The average Bonchev–Trinajstić information content (AvgIpc) is 2.60. The van der Waals surface area contributed by atoms with Gasteiger partial charge in [0.1, 0.15) is 5.75 Å². The van der Waals surface area contributed by atoms with E-state index >= 15 is 0 Å². The Balaban J connectivity index is 2.47. The number of aldehydes is 1. The van der Waals surface area contributed by atoms with E-state index in [0.717, 1.165) is 16.9 Å². The second-order valence-corrected chi connectivity index (χ2v) is 5.91. The van der Waals surface area contributed by atoms with Crippen molar-refractivity contribution in [1.29, 1.82) is 0 Å². The number of carbonyl (C=O) groups is 1. The van der Waals surface area contributed by atoms with Crippen molar-refractivity contribution in [3.63, 3.8) is 0 Å². The first kappa shape index (κ1) is 17.3. The van der Waals surface area contributed by atoms with Crippen molar-refractivity contribution in [3.05, 3.63) is 42.0 Å². The largest absolute Gasteiger partial charge is 0.497 e. The first-order valence-electron chi connectivity index (χ1n) is 6.92. The topological polar surface area (TPSA) is 54.0 Å². The quantitative estimate of drug-likeness (QED) is 0.420. The fourth-order valence-corrected chi connectivity index (χ4v) is 3.34. The molecule has 0 aromatic heterocycles. The van der Waals surface area contributed by atoms with Crippen molar-refractivity contribution >= 4 is 25.5 Å². The van der Waals surface area contributed by atoms with Crippen molar-refractivity contribution in [2.24, 2.45) is 0 Å². The minimum atomic E-state index is 0.107. The van der Waals surface area contributed by atoms with Gasteiger partial charge in [0.05, 0.1) is 14.2 Å². The van der Waals surface area contributed by atoms with Gasteiger partial charge in [-0.1, -0.05) is 32.8 Å². The molecule has 0 spiro atoms. The Bertz CT molecular complexity index is 672. The number of ether oxygens (including phenoxy) is 4. The Morgan fingerprint density at radius 2 is 1.83 bits per heavy atom. The highest BCUT2D eigenvalue weighted by molar-refractivity contribution is 7.56. The van der Waals surface area contributed by atoms with Crippen LogP contribution in [0.3, 0.4) is 0 Å². The highest BCUT2D eigenvalue weighted by Crippen LogP contribution is 2.34. The predicted octanol–water partition coefficient (Wildman–Crippen LogP) is 2.13. The standard InChI is InChI=1S/C17H19O5P/c1-19-11-22-17-14(21-3)8-13(20-2)9-16(17)23-15-7-5-4-6-12(15)10-18/h4-10,23H,11H2,1-3H3. The number of methoxy groups -OCH3 is 3. The zero-order valence-corrected chi connectivity index (χ0v) is 14.3. The van der Waals surface area contributed by atoms with E-state index in [1.165, 1.54) is 0 Å². The van der Waals surface area contributed by atoms with Crippen LogP contribution >= 0.6 is 8.58 Å². The molecule has 0 bridgehead atoms. The van der Waals surface area contributed by atoms with E-state index in [0.29, 0.717) is 22.8 Å². The minimum absolute atomic E-state index is 0.107. The molecule has 0 aliphatic carbocycles. The fraction of sp³-hybridized carbons (Fsp3) is 0.235. The van der Waals surface area contributed by atoms with Crippen LogP contribution in [-0.4, -0.2) is 34.4 Å². The summed E-state index contributed by atoms with van der Waals surface area (Å²) in [5.74, 6) is 1.82. The number of benzene rings is 2. The summed E-state index contributed by atoms with van der Waals surface area (Å²) < 4.78 is 21.4. The van der Waals surface area contributed by atoms with Gasteiger partial charge in [0.15, 0.2) is 24.6 Å². The van der Waals surface area contributed by atoms with E-state index in [1.807, 2.05) is 24.3 Å². The van der Waals surface area contributed by atoms with Gasteiger partial charge >= 0.3 is 0 Å². The van der Waals surface area contributed by atoms with Crippen molar-refractivity contribution in [3.8, 4) is 17.2 Å². The van der Waals surface area contributed by atoms with Gasteiger partial charge in [0.25, 0.3) is 0 Å². The molecule has 5 nitrogen and oxygen atoms in total. The van der Waals surface area contributed by atoms with E-state index in [-0.39, 0.29) is 15.4 Å². The van der Waals surface area contributed by atoms with Gasteiger partial charge in [0.2, 0.25) is 0 Å². The summed E-state index contributed by atoms with van der Waals surface area (Å²) in [5, 5.41) is 1.81. The van der Waals surface area contributed by atoms with E-state index in [9.17, 15) is 4.79 Å². The molecule has 1 atom stereocenters. The maximum absolute atomic E-state index is 11.2. The monoisotopic (exact) mass is 334 g/mol. The first-order valence-corrected chi connectivity index (χ1v) is 7.92. The van der Waals surface area contributed by atoms with E-state index in [4.69, 9.17) is 18.9 Å². The van der Waals surface area contributed by atoms with Crippen molar-refractivity contribution in [2.45, 2.75) is 0 Å². The highest BCUT2D eigenvalue weighted by atomic mass is 31.1. The lowest BCUT2D eigenvalue weighted by Gasteiger charge is -2.16. The predicted molar refractivity (Wildman–Crippen MR) is 91.5 cm³/mol. The molecule has 0 amide bonds. The van der Waals surface area contributed by atoms with Crippen LogP contribution in [0.25, 0.3) is 0 Å². The third-order valence-electron chi connectivity index (χ3n) is 3.16. The number of rotatable bonds is 8. The minimum Gasteiger partial charge on any atom is -0.497 e. The molecule has 0 heterocycles. The molecule has 0 fully saturated rings. The van der Waals surface area contributed by atoms with Crippen molar-refractivity contribution < 1.29 is 23.7 Å². The Labute approximate surface area is 137 Å². The normalized spacial score (nSPS) is 10.7. The van der Waals surface area contributed by atoms with Crippen LogP contribution in [0.1, 0.15) is 10.4 Å². The summed E-state index contributed by atoms with van der Waals surface area (Å²) in [6.07, 6.45) is 0.857. The van der Waals surface area contributed by atoms with Crippen molar-refractivity contribution in [2.75, 3.05) is 28.1 Å². The molecule has 23 heavy (non-hydrogen) atoms. The van der Waals surface area contributed by atoms with Crippen LogP contribution in [0, 0.1) is 0 Å². The van der Waals surface area contributed by atoms with Gasteiger partial charge in [-0.25, -0.2) is 0 Å². The lowest BCUT2D eigenvalue weighted by atomic mass is 10.2. The second kappa shape index (κ2) is 8.51. The first-order chi connectivity index (χ1) is 11.2. The molecule has 122 valence electrons. The van der Waals surface area contributed by atoms with Crippen LogP contribution in [-0.2, 0) is 4.74 Å². The molecule has 0 saturated carbocycles. The summed E-state index contributed by atoms with van der Waals surface area (Å²) in [5.41, 5.74) is 0.658. The Morgan fingerprint density at radius 1 is 1.04 bits per heavy atom. The van der Waals surface area contributed by atoms with Crippen LogP contribution < -0.4 is 24.8 Å². The van der Waals surface area contributed by atoms with Gasteiger partial charge < -0.3 is 18.9 Å². The SMILES string of the molecule is COCOc1c(OC)cc(OC)cc1Pc1ccccc1C=O. The van der Waals surface area contributed by atoms with Crippen LogP contribution in [0.2, 0.25) is 0 Å². The number of carbonyl (C=O) groups excluding carboxylic acids is 1.